The van der Waals surface area contributed by atoms with Crippen molar-refractivity contribution in [2.75, 3.05) is 10.6 Å². The van der Waals surface area contributed by atoms with E-state index in [0.717, 1.165) is 22.4 Å². The number of nitrogens with zero attached hydrogens (tertiary/aromatic N) is 2. The van der Waals surface area contributed by atoms with Crippen molar-refractivity contribution in [3.05, 3.63) is 72.1 Å². The average Bonchev–Trinajstić information content (AvgIpc) is 3.02. The monoisotopic (exact) mass is 330 g/mol. The summed E-state index contributed by atoms with van der Waals surface area (Å²) in [6, 6.07) is 16.3. The number of hydrogen-bond donors (Lipinski definition) is 2. The van der Waals surface area contributed by atoms with E-state index in [-0.39, 0.29) is 11.9 Å². The van der Waals surface area contributed by atoms with Gasteiger partial charge in [0.15, 0.2) is 0 Å². The van der Waals surface area contributed by atoms with E-state index in [1.54, 1.807) is 12.4 Å². The molecule has 0 spiro atoms. The van der Waals surface area contributed by atoms with E-state index >= 15 is 0 Å². The topological polar surface area (TPSA) is 66.9 Å². The van der Waals surface area contributed by atoms with Crippen LogP contribution in [0, 0.1) is 0 Å². The number of hydrogen-bond acceptors (Lipinski definition) is 4. The van der Waals surface area contributed by atoms with Gasteiger partial charge in [0.2, 0.25) is 11.9 Å². The second-order valence-electron chi connectivity index (χ2n) is 6.17. The Bertz CT molecular complexity index is 907. The van der Waals surface area contributed by atoms with Crippen molar-refractivity contribution in [2.45, 2.75) is 19.4 Å². The smallest absolute Gasteiger partial charge is 0.228 e. The molecule has 2 aromatic carbocycles. The Morgan fingerprint density at radius 2 is 1.80 bits per heavy atom. The van der Waals surface area contributed by atoms with Gasteiger partial charge < -0.3 is 10.6 Å². The Morgan fingerprint density at radius 3 is 2.56 bits per heavy atom. The number of carbonyl (C=O) groups is 1. The fourth-order valence-corrected chi connectivity index (χ4v) is 2.96. The minimum absolute atomic E-state index is 0.0397. The van der Waals surface area contributed by atoms with Crippen LogP contribution in [0.15, 0.2) is 60.9 Å². The Hall–Kier alpha value is -3.21. The maximum absolute atomic E-state index is 11.5. The van der Waals surface area contributed by atoms with Crippen LogP contribution < -0.4 is 10.6 Å². The molecule has 3 aromatic rings. The molecule has 0 saturated carbocycles. The summed E-state index contributed by atoms with van der Waals surface area (Å²) in [5.74, 6) is 0.632. The van der Waals surface area contributed by atoms with Gasteiger partial charge in [0.25, 0.3) is 0 Å². The molecule has 5 heteroatoms. The molecule has 0 bridgehead atoms. The second kappa shape index (κ2) is 6.36. The zero-order valence-electron chi connectivity index (χ0n) is 13.9. The molecule has 0 aliphatic carbocycles. The molecule has 0 saturated heterocycles. The summed E-state index contributed by atoms with van der Waals surface area (Å²) in [6.07, 6.45) is 4.05. The zero-order valence-corrected chi connectivity index (χ0v) is 13.9. The van der Waals surface area contributed by atoms with Crippen molar-refractivity contribution in [3.63, 3.8) is 0 Å². The number of carbonyl (C=O) groups excluding carboxylic acids is 1. The summed E-state index contributed by atoms with van der Waals surface area (Å²) in [7, 11) is 0. The Balaban J connectivity index is 1.51. The van der Waals surface area contributed by atoms with E-state index in [4.69, 9.17) is 0 Å². The van der Waals surface area contributed by atoms with E-state index in [1.807, 2.05) is 36.4 Å². The van der Waals surface area contributed by atoms with Crippen LogP contribution in [-0.4, -0.2) is 15.9 Å². The Labute approximate surface area is 146 Å². The van der Waals surface area contributed by atoms with Crippen molar-refractivity contribution in [1.82, 2.24) is 9.97 Å². The Kier molecular flexibility index (Phi) is 3.90. The lowest BCUT2D eigenvalue weighted by molar-refractivity contribution is -0.115. The number of benzene rings is 2. The fraction of sp³-hybridized carbons (Fsp3) is 0.150. The molecular formula is C20H18N4O. The van der Waals surface area contributed by atoms with Gasteiger partial charge in [-0.3, -0.25) is 4.79 Å². The van der Waals surface area contributed by atoms with E-state index < -0.39 is 0 Å². The SMILES string of the molecule is C[C@H](Nc1ncc(-c2ccc3c(c2)NC(=O)C3)cn1)c1ccccc1. The van der Waals surface area contributed by atoms with Crippen molar-refractivity contribution in [3.8, 4) is 11.1 Å². The first kappa shape index (κ1) is 15.3. The van der Waals surface area contributed by atoms with Gasteiger partial charge in [0.1, 0.15) is 0 Å². The highest BCUT2D eigenvalue weighted by atomic mass is 16.1. The van der Waals surface area contributed by atoms with Crippen molar-refractivity contribution in [2.24, 2.45) is 0 Å². The second-order valence-corrected chi connectivity index (χ2v) is 6.17. The van der Waals surface area contributed by atoms with Gasteiger partial charge in [-0.25, -0.2) is 9.97 Å². The summed E-state index contributed by atoms with van der Waals surface area (Å²) in [5, 5.41) is 6.18. The van der Waals surface area contributed by atoms with Crippen LogP contribution in [0.3, 0.4) is 0 Å². The van der Waals surface area contributed by atoms with E-state index in [2.05, 4.69) is 39.7 Å². The van der Waals surface area contributed by atoms with Gasteiger partial charge in [-0.05, 0) is 29.7 Å². The van der Waals surface area contributed by atoms with Gasteiger partial charge in [-0.15, -0.1) is 0 Å². The molecule has 0 unspecified atom stereocenters. The molecule has 1 atom stereocenters. The molecule has 0 fully saturated rings. The van der Waals surface area contributed by atoms with E-state index in [0.29, 0.717) is 12.4 Å². The maximum Gasteiger partial charge on any atom is 0.228 e. The van der Waals surface area contributed by atoms with Crippen LogP contribution in [0.25, 0.3) is 11.1 Å². The molecule has 124 valence electrons. The highest BCUT2D eigenvalue weighted by Crippen LogP contribution is 2.29. The molecule has 1 amide bonds. The summed E-state index contributed by atoms with van der Waals surface area (Å²) in [5.41, 5.74) is 5.00. The molecule has 1 aliphatic heterocycles. The van der Waals surface area contributed by atoms with Gasteiger partial charge in [0, 0.05) is 23.6 Å². The first-order chi connectivity index (χ1) is 12.2. The highest BCUT2D eigenvalue weighted by molar-refractivity contribution is 5.99. The lowest BCUT2D eigenvalue weighted by atomic mass is 10.1. The van der Waals surface area contributed by atoms with Crippen LogP contribution in [0.1, 0.15) is 24.1 Å². The Morgan fingerprint density at radius 1 is 1.04 bits per heavy atom. The minimum atomic E-state index is 0.0397. The first-order valence-electron chi connectivity index (χ1n) is 8.26. The molecule has 25 heavy (non-hydrogen) atoms. The zero-order chi connectivity index (χ0) is 17.2. The summed E-state index contributed by atoms with van der Waals surface area (Å²) >= 11 is 0. The number of amides is 1. The van der Waals surface area contributed by atoms with Crippen molar-refractivity contribution < 1.29 is 4.79 Å². The summed E-state index contributed by atoms with van der Waals surface area (Å²) in [6.45, 7) is 2.08. The molecule has 2 N–H and O–H groups in total. The average molecular weight is 330 g/mol. The fourth-order valence-electron chi connectivity index (χ4n) is 2.96. The third kappa shape index (κ3) is 3.21. The number of anilines is 2. The predicted octanol–water partition coefficient (Wildman–Crippen LogP) is 3.81. The third-order valence-corrected chi connectivity index (χ3v) is 4.37. The summed E-state index contributed by atoms with van der Waals surface area (Å²) in [4.78, 5) is 20.3. The first-order valence-corrected chi connectivity index (χ1v) is 8.26. The highest BCUT2D eigenvalue weighted by Gasteiger charge is 2.17. The van der Waals surface area contributed by atoms with Crippen molar-refractivity contribution >= 4 is 17.5 Å². The van der Waals surface area contributed by atoms with Gasteiger partial charge in [0.05, 0.1) is 12.5 Å². The quantitative estimate of drug-likeness (QED) is 0.763. The molecule has 0 radical (unpaired) electrons. The largest absolute Gasteiger partial charge is 0.348 e. The van der Waals surface area contributed by atoms with Crippen LogP contribution >= 0.6 is 0 Å². The van der Waals surface area contributed by atoms with E-state index in [1.165, 1.54) is 5.56 Å². The van der Waals surface area contributed by atoms with Gasteiger partial charge in [-0.1, -0.05) is 42.5 Å². The normalized spacial score (nSPS) is 13.9. The molecule has 2 heterocycles. The van der Waals surface area contributed by atoms with Crippen molar-refractivity contribution in [1.29, 1.82) is 0 Å². The maximum atomic E-state index is 11.5. The van der Waals surface area contributed by atoms with Crippen LogP contribution in [0.5, 0.6) is 0 Å². The third-order valence-electron chi connectivity index (χ3n) is 4.37. The van der Waals surface area contributed by atoms with Gasteiger partial charge >= 0.3 is 0 Å². The number of nitrogens with one attached hydrogen (secondary N) is 2. The van der Waals surface area contributed by atoms with Crippen LogP contribution in [-0.2, 0) is 11.2 Å². The predicted molar refractivity (Wildman–Crippen MR) is 98.3 cm³/mol. The number of rotatable bonds is 4. The molecule has 4 rings (SSSR count). The molecule has 1 aliphatic rings. The lowest BCUT2D eigenvalue weighted by Crippen LogP contribution is -2.09. The van der Waals surface area contributed by atoms with Gasteiger partial charge in [-0.2, -0.15) is 0 Å². The standard InChI is InChI=1S/C20H18N4O/c1-13(14-5-3-2-4-6-14)23-20-21-11-17(12-22-20)15-7-8-16-10-19(25)24-18(16)9-15/h2-9,11-13H,10H2,1H3,(H,24,25)(H,21,22,23)/t13-/m0/s1. The lowest BCUT2D eigenvalue weighted by Gasteiger charge is -2.14. The van der Waals surface area contributed by atoms with E-state index in [9.17, 15) is 4.79 Å². The molecule has 1 aromatic heterocycles. The van der Waals surface area contributed by atoms with Crippen LogP contribution in [0.4, 0.5) is 11.6 Å². The number of aromatic nitrogens is 2. The van der Waals surface area contributed by atoms with Crippen LogP contribution in [0.2, 0.25) is 0 Å². The molecule has 5 nitrogen and oxygen atoms in total. The number of fused-ring (bicyclic) bond motifs is 1. The molecular weight excluding hydrogens is 312 g/mol. The summed E-state index contributed by atoms with van der Waals surface area (Å²) < 4.78 is 0. The minimum Gasteiger partial charge on any atom is -0.348 e.